The molecule has 1 aromatic carbocycles. The van der Waals surface area contributed by atoms with Crippen molar-refractivity contribution >= 4 is 0 Å². The van der Waals surface area contributed by atoms with Gasteiger partial charge in [-0.2, -0.15) is 0 Å². The zero-order chi connectivity index (χ0) is 13.4. The van der Waals surface area contributed by atoms with Crippen LogP contribution in [0.15, 0.2) is 24.3 Å². The van der Waals surface area contributed by atoms with Crippen LogP contribution in [0.25, 0.3) is 0 Å². The Morgan fingerprint density at radius 1 is 0.944 bits per heavy atom. The first-order valence-corrected chi connectivity index (χ1v) is 7.48. The molecule has 1 rings (SSSR count). The van der Waals surface area contributed by atoms with Gasteiger partial charge in [0, 0.05) is 5.56 Å². The molecule has 0 amide bonds. The first-order valence-electron chi connectivity index (χ1n) is 7.48. The topological polar surface area (TPSA) is 20.2 Å². The molecule has 1 N–H and O–H groups in total. The maximum atomic E-state index is 10.1. The zero-order valence-corrected chi connectivity index (χ0v) is 12.2. The summed E-state index contributed by atoms with van der Waals surface area (Å²) in [5.41, 5.74) is 1.31. The van der Waals surface area contributed by atoms with Crippen LogP contribution in [0, 0.1) is 0 Å². The summed E-state index contributed by atoms with van der Waals surface area (Å²) < 4.78 is 0. The molecule has 0 heterocycles. The van der Waals surface area contributed by atoms with E-state index in [1.165, 1.54) is 32.1 Å². The molecular weight excluding hydrogens is 220 g/mol. The molecule has 0 spiro atoms. The van der Waals surface area contributed by atoms with Gasteiger partial charge in [-0.3, -0.25) is 0 Å². The fourth-order valence-corrected chi connectivity index (χ4v) is 2.93. The summed E-state index contributed by atoms with van der Waals surface area (Å²) in [4.78, 5) is 0. The molecule has 1 heteroatoms. The monoisotopic (exact) mass is 248 g/mol. The van der Waals surface area contributed by atoms with E-state index in [-0.39, 0.29) is 5.41 Å². The number of benzene rings is 1. The third-order valence-corrected chi connectivity index (χ3v) is 4.34. The highest BCUT2D eigenvalue weighted by Gasteiger charge is 2.29. The Morgan fingerprint density at radius 3 is 2.17 bits per heavy atom. The number of rotatable bonds is 8. The van der Waals surface area contributed by atoms with Gasteiger partial charge in [0.15, 0.2) is 0 Å². The Morgan fingerprint density at radius 2 is 1.61 bits per heavy atom. The molecule has 0 fully saturated rings. The average molecular weight is 248 g/mol. The van der Waals surface area contributed by atoms with Crippen molar-refractivity contribution in [2.75, 3.05) is 0 Å². The van der Waals surface area contributed by atoms with Crippen LogP contribution >= 0.6 is 0 Å². The van der Waals surface area contributed by atoms with Gasteiger partial charge < -0.3 is 5.11 Å². The lowest BCUT2D eigenvalue weighted by molar-refractivity contribution is 0.332. The average Bonchev–Trinajstić information content (AvgIpc) is 2.41. The lowest BCUT2D eigenvalue weighted by Gasteiger charge is -2.33. The van der Waals surface area contributed by atoms with E-state index in [1.54, 1.807) is 0 Å². The van der Waals surface area contributed by atoms with E-state index in [9.17, 15) is 5.11 Å². The van der Waals surface area contributed by atoms with Crippen LogP contribution in [-0.4, -0.2) is 5.11 Å². The van der Waals surface area contributed by atoms with Gasteiger partial charge in [-0.25, -0.2) is 0 Å². The molecule has 102 valence electrons. The first-order chi connectivity index (χ1) is 8.70. The smallest absolute Gasteiger partial charge is 0.119 e. The summed E-state index contributed by atoms with van der Waals surface area (Å²) in [5.74, 6) is 0.469. The molecule has 0 aliphatic rings. The Hall–Kier alpha value is -0.980. The van der Waals surface area contributed by atoms with Gasteiger partial charge in [0.05, 0.1) is 0 Å². The highest BCUT2D eigenvalue weighted by atomic mass is 16.3. The number of hydrogen-bond acceptors (Lipinski definition) is 1. The van der Waals surface area contributed by atoms with E-state index >= 15 is 0 Å². The van der Waals surface area contributed by atoms with Crippen molar-refractivity contribution in [2.45, 2.75) is 71.1 Å². The van der Waals surface area contributed by atoms with Gasteiger partial charge in [0.1, 0.15) is 5.75 Å². The fraction of sp³-hybridized carbons (Fsp3) is 0.647. The maximum absolute atomic E-state index is 10.1. The minimum absolute atomic E-state index is 0.166. The Labute approximate surface area is 112 Å². The van der Waals surface area contributed by atoms with Crippen LogP contribution in [0.1, 0.15) is 71.3 Å². The second-order valence-electron chi connectivity index (χ2n) is 5.32. The van der Waals surface area contributed by atoms with Crippen molar-refractivity contribution in [3.8, 4) is 5.75 Å². The highest BCUT2D eigenvalue weighted by molar-refractivity contribution is 5.38. The summed E-state index contributed by atoms with van der Waals surface area (Å²) in [6.07, 6.45) is 8.58. The third kappa shape index (κ3) is 3.51. The van der Waals surface area contributed by atoms with E-state index < -0.39 is 0 Å². The number of hydrogen-bond donors (Lipinski definition) is 1. The van der Waals surface area contributed by atoms with Crippen LogP contribution < -0.4 is 0 Å². The normalized spacial score (nSPS) is 11.7. The summed E-state index contributed by atoms with van der Waals surface area (Å²) in [6.45, 7) is 6.74. The number of phenols is 1. The largest absolute Gasteiger partial charge is 0.508 e. The molecular formula is C17H28O. The summed E-state index contributed by atoms with van der Waals surface area (Å²) in [7, 11) is 0. The molecule has 0 atom stereocenters. The van der Waals surface area contributed by atoms with Crippen LogP contribution in [0.5, 0.6) is 5.75 Å². The van der Waals surface area contributed by atoms with Gasteiger partial charge >= 0.3 is 0 Å². The molecule has 1 aromatic rings. The zero-order valence-electron chi connectivity index (χ0n) is 12.2. The standard InChI is InChI=1S/C17H28O/c1-4-7-8-11-14-17(5-2,6-3)15-12-9-10-13-16(15)18/h9-10,12-13,18H,4-8,11,14H2,1-3H3. The third-order valence-electron chi connectivity index (χ3n) is 4.34. The van der Waals surface area contributed by atoms with E-state index in [2.05, 4.69) is 26.8 Å². The van der Waals surface area contributed by atoms with E-state index in [0.717, 1.165) is 18.4 Å². The van der Waals surface area contributed by atoms with E-state index in [1.807, 2.05) is 18.2 Å². The van der Waals surface area contributed by atoms with Crippen LogP contribution in [0.3, 0.4) is 0 Å². The second-order valence-corrected chi connectivity index (χ2v) is 5.32. The molecule has 0 radical (unpaired) electrons. The van der Waals surface area contributed by atoms with Crippen molar-refractivity contribution in [3.05, 3.63) is 29.8 Å². The SMILES string of the molecule is CCCCCCC(CC)(CC)c1ccccc1O. The molecule has 0 aliphatic carbocycles. The molecule has 0 aliphatic heterocycles. The number of aromatic hydroxyl groups is 1. The first kappa shape index (κ1) is 15.1. The van der Waals surface area contributed by atoms with E-state index in [4.69, 9.17) is 0 Å². The molecule has 18 heavy (non-hydrogen) atoms. The maximum Gasteiger partial charge on any atom is 0.119 e. The molecule has 0 saturated carbocycles. The quantitative estimate of drug-likeness (QED) is 0.609. The highest BCUT2D eigenvalue weighted by Crippen LogP contribution is 2.41. The Kier molecular flexibility index (Phi) is 6.24. The molecule has 0 bridgehead atoms. The van der Waals surface area contributed by atoms with Crippen LogP contribution in [0.4, 0.5) is 0 Å². The summed E-state index contributed by atoms with van der Waals surface area (Å²) in [5, 5.41) is 10.1. The van der Waals surface area contributed by atoms with Gasteiger partial charge in [0.25, 0.3) is 0 Å². The number of unbranched alkanes of at least 4 members (excludes halogenated alkanes) is 3. The van der Waals surface area contributed by atoms with Crippen molar-refractivity contribution < 1.29 is 5.11 Å². The fourth-order valence-electron chi connectivity index (χ4n) is 2.93. The predicted octanol–water partition coefficient (Wildman–Crippen LogP) is 5.42. The van der Waals surface area contributed by atoms with Gasteiger partial charge in [0.2, 0.25) is 0 Å². The number of para-hydroxylation sites is 1. The van der Waals surface area contributed by atoms with Gasteiger partial charge in [-0.1, -0.05) is 64.7 Å². The van der Waals surface area contributed by atoms with Crippen LogP contribution in [-0.2, 0) is 5.41 Å². The molecule has 0 aromatic heterocycles. The van der Waals surface area contributed by atoms with Crippen molar-refractivity contribution in [1.82, 2.24) is 0 Å². The van der Waals surface area contributed by atoms with E-state index in [0.29, 0.717) is 5.75 Å². The minimum Gasteiger partial charge on any atom is -0.508 e. The van der Waals surface area contributed by atoms with Crippen molar-refractivity contribution in [1.29, 1.82) is 0 Å². The van der Waals surface area contributed by atoms with Crippen molar-refractivity contribution in [3.63, 3.8) is 0 Å². The molecule has 1 nitrogen and oxygen atoms in total. The van der Waals surface area contributed by atoms with Crippen LogP contribution in [0.2, 0.25) is 0 Å². The molecule has 0 saturated heterocycles. The Bertz CT molecular complexity index is 339. The lowest BCUT2D eigenvalue weighted by Crippen LogP contribution is -2.24. The minimum atomic E-state index is 0.166. The number of phenolic OH excluding ortho intramolecular Hbond substituents is 1. The second kappa shape index (κ2) is 7.45. The Balaban J connectivity index is 2.83. The summed E-state index contributed by atoms with van der Waals surface area (Å²) in [6, 6.07) is 7.87. The molecule has 0 unspecified atom stereocenters. The van der Waals surface area contributed by atoms with Gasteiger partial charge in [-0.15, -0.1) is 0 Å². The summed E-state index contributed by atoms with van der Waals surface area (Å²) >= 11 is 0. The predicted molar refractivity (Wildman–Crippen MR) is 79.1 cm³/mol. The van der Waals surface area contributed by atoms with Gasteiger partial charge in [-0.05, 0) is 30.7 Å². The lowest BCUT2D eigenvalue weighted by atomic mass is 9.72. The van der Waals surface area contributed by atoms with Crippen molar-refractivity contribution in [2.24, 2.45) is 0 Å².